The lowest BCUT2D eigenvalue weighted by Gasteiger charge is -2.31. The number of Topliss-reactive ketones (excluding diaryl/α,β-unsaturated/α-hetero) is 5. The molecule has 5 aliphatic heterocycles. The second-order valence-corrected chi connectivity index (χ2v) is 18.0. The van der Waals surface area contributed by atoms with Crippen molar-refractivity contribution in [1.82, 2.24) is 64.4 Å². The summed E-state index contributed by atoms with van der Waals surface area (Å²) in [6.45, 7) is 18.4. The number of carbonyl (C=O) groups is 10. The fraction of sp³-hybridized carbons (Fsp3) is 0.438. The fourth-order valence-electron chi connectivity index (χ4n) is 8.07. The maximum atomic E-state index is 11.9. The Hall–Kier alpha value is -8.51. The Bertz CT molecular complexity index is 2660. The van der Waals surface area contributed by atoms with E-state index in [4.69, 9.17) is 0 Å². The molecule has 5 amide bonds. The lowest BCUT2D eigenvalue weighted by molar-refractivity contribution is -0.121. The Morgan fingerprint density at radius 2 is 0.904 bits per heavy atom. The third kappa shape index (κ3) is 11.5. The third-order valence-corrected chi connectivity index (χ3v) is 13.4. The zero-order chi connectivity index (χ0) is 53.6. The van der Waals surface area contributed by atoms with Gasteiger partial charge < -0.3 is 60.1 Å². The van der Waals surface area contributed by atoms with E-state index in [1.54, 1.807) is 56.8 Å². The quantitative estimate of drug-likeness (QED) is 0.106. The standard InChI is InChI=1S/2C10H13N3O2.C10H12N2O2.C9H12N4O2.C9H11N3O2/c1-6(7(2)14)13-4-3-8-9(10(13)15)12-5-11-8;1-6(7(2)14)13-5-12-8-3-4-11-9(8)10(13)15;1-6(7(2)13)12-5-8-3-4-11-9(8)10(12)14;1-5(6(2)14)13-4-12-8-7(9(13)15)10-3-11-8;1-5(6(2)13)12-3-7-8(9(12)14)11-4-10-7/h5-6H,3-4H2,1-2H3,(H,11,12);3-4,6,11-12H,5H2,1-2H3;3-4,6,11H,5H2,1-2H3;3,5,12H,4H2,1-2H3,(H,10,11);4-5H,3H2,1-2H3,(H,10,11). The molecule has 0 saturated carbocycles. The van der Waals surface area contributed by atoms with Gasteiger partial charge in [0.15, 0.2) is 40.4 Å². The van der Waals surface area contributed by atoms with Gasteiger partial charge in [-0.2, -0.15) is 0 Å². The minimum atomic E-state index is -0.415. The lowest BCUT2D eigenvalue weighted by atomic mass is 10.1. The lowest BCUT2D eigenvalue weighted by Crippen LogP contribution is -2.48. The molecule has 5 aromatic rings. The van der Waals surface area contributed by atoms with E-state index in [1.807, 2.05) is 12.1 Å². The predicted octanol–water partition coefficient (Wildman–Crippen LogP) is 2.71. The molecule has 73 heavy (non-hydrogen) atoms. The summed E-state index contributed by atoms with van der Waals surface area (Å²) in [5.74, 6) is -0.202. The van der Waals surface area contributed by atoms with Crippen molar-refractivity contribution in [2.24, 2.45) is 0 Å². The molecule has 25 heteroatoms. The molecule has 0 aromatic carbocycles. The van der Waals surface area contributed by atoms with E-state index in [1.165, 1.54) is 68.3 Å². The number of carbonyl (C=O) groups excluding carboxylic acids is 10. The molecule has 0 bridgehead atoms. The summed E-state index contributed by atoms with van der Waals surface area (Å²) >= 11 is 0. The zero-order valence-corrected chi connectivity index (χ0v) is 42.3. The Balaban J connectivity index is 0.000000149. The number of amides is 5. The number of nitrogens with zero attached hydrogens (tertiary/aromatic N) is 8. The van der Waals surface area contributed by atoms with Crippen molar-refractivity contribution in [3.63, 3.8) is 0 Å². The molecule has 5 aliphatic rings. The summed E-state index contributed by atoms with van der Waals surface area (Å²) in [6, 6.07) is 1.82. The van der Waals surface area contributed by atoms with Gasteiger partial charge in [-0.15, -0.1) is 0 Å². The second kappa shape index (κ2) is 22.7. The van der Waals surface area contributed by atoms with Gasteiger partial charge in [0.25, 0.3) is 29.5 Å². The zero-order valence-electron chi connectivity index (χ0n) is 42.3. The van der Waals surface area contributed by atoms with Gasteiger partial charge in [0.2, 0.25) is 0 Å². The molecule has 10 rings (SSSR count). The average molecular weight is 1010 g/mol. The highest BCUT2D eigenvalue weighted by Crippen LogP contribution is 2.25. The minimum Gasteiger partial charge on any atom is -0.366 e. The third-order valence-electron chi connectivity index (χ3n) is 13.4. The number of nitrogens with one attached hydrogen (secondary N) is 7. The number of ketones is 5. The Morgan fingerprint density at radius 1 is 0.466 bits per heavy atom. The van der Waals surface area contributed by atoms with Crippen LogP contribution in [-0.2, 0) is 43.5 Å². The molecule has 0 spiro atoms. The normalized spacial score (nSPS) is 17.1. The smallest absolute Gasteiger partial charge is 0.276 e. The van der Waals surface area contributed by atoms with Crippen LogP contribution < -0.4 is 10.6 Å². The van der Waals surface area contributed by atoms with Gasteiger partial charge >= 0.3 is 0 Å². The van der Waals surface area contributed by atoms with E-state index in [0.717, 1.165) is 29.1 Å². The van der Waals surface area contributed by atoms with Gasteiger partial charge in [-0.05, 0) is 81.4 Å². The van der Waals surface area contributed by atoms with Gasteiger partial charge in [0, 0.05) is 43.2 Å². The van der Waals surface area contributed by atoms with Crippen LogP contribution in [0, 0.1) is 0 Å². The van der Waals surface area contributed by atoms with Crippen molar-refractivity contribution >= 4 is 70.0 Å². The molecule has 25 nitrogen and oxygen atoms in total. The Kier molecular flexibility index (Phi) is 16.7. The van der Waals surface area contributed by atoms with Gasteiger partial charge in [-0.25, -0.2) is 15.0 Å². The minimum absolute atomic E-state index is 0.00216. The fourth-order valence-corrected chi connectivity index (χ4v) is 8.07. The number of hydrogen-bond acceptors (Lipinski definition) is 15. The van der Waals surface area contributed by atoms with Crippen molar-refractivity contribution in [3.05, 3.63) is 88.9 Å². The van der Waals surface area contributed by atoms with E-state index in [9.17, 15) is 47.9 Å². The monoisotopic (exact) mass is 1010 g/mol. The molecular formula is C48H61N15O10. The van der Waals surface area contributed by atoms with E-state index in [-0.39, 0.29) is 82.6 Å². The number of rotatable bonds is 10. The molecule has 5 unspecified atom stereocenters. The molecule has 0 fully saturated rings. The van der Waals surface area contributed by atoms with Crippen molar-refractivity contribution in [2.75, 3.05) is 30.5 Å². The SMILES string of the molecule is CC(=O)C(C)N1CCc2[nH]cnc2C1=O.CC(=O)C(C)N1CNc2cc[nH]c2C1=O.CC(=O)C(C)N1CNc2nc[nH]c2C1=O.CC(=O)C(C)N1Cc2[nH]cnc2C1=O.CC(=O)C(C)N1Cc2cc[nH]c2C1=O. The molecule has 0 radical (unpaired) electrons. The largest absolute Gasteiger partial charge is 0.366 e. The van der Waals surface area contributed by atoms with Crippen molar-refractivity contribution < 1.29 is 47.9 Å². The summed E-state index contributed by atoms with van der Waals surface area (Å²) in [7, 11) is 0. The highest BCUT2D eigenvalue weighted by Gasteiger charge is 2.36. The first-order chi connectivity index (χ1) is 34.5. The molecule has 0 saturated heterocycles. The molecular weight excluding hydrogens is 947 g/mol. The Morgan fingerprint density at radius 3 is 1.47 bits per heavy atom. The van der Waals surface area contributed by atoms with Crippen LogP contribution in [0.5, 0.6) is 0 Å². The van der Waals surface area contributed by atoms with E-state index < -0.39 is 6.04 Å². The summed E-state index contributed by atoms with van der Waals surface area (Å²) in [5.41, 5.74) is 5.89. The molecule has 10 heterocycles. The van der Waals surface area contributed by atoms with Crippen LogP contribution in [0.1, 0.15) is 139 Å². The first-order valence-electron chi connectivity index (χ1n) is 23.5. The summed E-state index contributed by atoms with van der Waals surface area (Å²) in [6.07, 6.45) is 8.66. The van der Waals surface area contributed by atoms with Gasteiger partial charge in [-0.1, -0.05) is 0 Å². The van der Waals surface area contributed by atoms with Gasteiger partial charge in [0.1, 0.15) is 22.8 Å². The number of imidazole rings is 3. The van der Waals surface area contributed by atoms with Crippen molar-refractivity contribution in [2.45, 2.75) is 119 Å². The highest BCUT2D eigenvalue weighted by atomic mass is 16.2. The highest BCUT2D eigenvalue weighted by molar-refractivity contribution is 6.03. The van der Waals surface area contributed by atoms with E-state index >= 15 is 0 Å². The van der Waals surface area contributed by atoms with Crippen LogP contribution in [0.3, 0.4) is 0 Å². The first kappa shape index (κ1) is 53.8. The predicted molar refractivity (Wildman–Crippen MR) is 262 cm³/mol. The average Bonchev–Trinajstić information content (AvgIpc) is 4.22. The van der Waals surface area contributed by atoms with Crippen LogP contribution in [0.25, 0.3) is 0 Å². The maximum absolute atomic E-state index is 11.9. The number of anilines is 2. The first-order valence-corrected chi connectivity index (χ1v) is 23.5. The topological polar surface area (TPSA) is 329 Å². The maximum Gasteiger partial charge on any atom is 0.276 e. The van der Waals surface area contributed by atoms with Crippen LogP contribution in [0.2, 0.25) is 0 Å². The van der Waals surface area contributed by atoms with Crippen LogP contribution in [0.4, 0.5) is 11.5 Å². The van der Waals surface area contributed by atoms with Crippen molar-refractivity contribution in [1.29, 1.82) is 0 Å². The van der Waals surface area contributed by atoms with Gasteiger partial charge in [-0.3, -0.25) is 47.9 Å². The Labute approximate surface area is 419 Å². The van der Waals surface area contributed by atoms with Crippen LogP contribution in [-0.4, -0.2) is 173 Å². The number of aromatic nitrogens is 8. The molecule has 5 aromatic heterocycles. The van der Waals surface area contributed by atoms with E-state index in [2.05, 4.69) is 50.5 Å². The van der Waals surface area contributed by atoms with E-state index in [0.29, 0.717) is 67.3 Å². The number of H-pyrrole nitrogens is 5. The number of fused-ring (bicyclic) bond motifs is 5. The van der Waals surface area contributed by atoms with Crippen LogP contribution in [0.15, 0.2) is 43.5 Å². The summed E-state index contributed by atoms with van der Waals surface area (Å²) < 4.78 is 0. The number of hydrogen-bond donors (Lipinski definition) is 7. The second-order valence-electron chi connectivity index (χ2n) is 18.0. The van der Waals surface area contributed by atoms with Crippen molar-refractivity contribution in [3.8, 4) is 0 Å². The van der Waals surface area contributed by atoms with Crippen LogP contribution >= 0.6 is 0 Å². The summed E-state index contributed by atoms with van der Waals surface area (Å²) in [5, 5.41) is 6.05. The molecule has 388 valence electrons. The summed E-state index contributed by atoms with van der Waals surface area (Å²) in [4.78, 5) is 149. The van der Waals surface area contributed by atoms with Gasteiger partial charge in [0.05, 0.1) is 80.5 Å². The molecule has 7 N–H and O–H groups in total. The molecule has 0 aliphatic carbocycles. The number of aromatic amines is 5. The molecule has 5 atom stereocenters.